The summed E-state index contributed by atoms with van der Waals surface area (Å²) in [6.07, 6.45) is 2.88. The lowest BCUT2D eigenvalue weighted by Crippen LogP contribution is -2.32. The Kier molecular flexibility index (Phi) is 8.94. The lowest BCUT2D eigenvalue weighted by atomic mass is 9.80. The quantitative estimate of drug-likeness (QED) is 0.158. The Bertz CT molecular complexity index is 1290. The highest BCUT2D eigenvalue weighted by Crippen LogP contribution is 2.39. The number of allylic oxidation sites excluding steroid dienone is 2. The van der Waals surface area contributed by atoms with Gasteiger partial charge in [-0.1, -0.05) is 37.4 Å². The van der Waals surface area contributed by atoms with E-state index < -0.39 is 28.7 Å². The van der Waals surface area contributed by atoms with Gasteiger partial charge in [0.25, 0.3) is 5.69 Å². The van der Waals surface area contributed by atoms with Crippen LogP contribution in [-0.2, 0) is 19.1 Å². The lowest BCUT2D eigenvalue weighted by Gasteiger charge is -2.30. The number of nitro benzene ring substituents is 1. The van der Waals surface area contributed by atoms with Crippen LogP contribution in [0.5, 0.6) is 5.75 Å². The number of non-ortho nitro benzene ring substituents is 1. The van der Waals surface area contributed by atoms with Gasteiger partial charge in [0.2, 0.25) is 0 Å². The zero-order valence-electron chi connectivity index (χ0n) is 20.9. The molecule has 2 aromatic carbocycles. The Morgan fingerprint density at radius 1 is 0.868 bits per heavy atom. The van der Waals surface area contributed by atoms with Crippen molar-refractivity contribution in [1.82, 2.24) is 5.32 Å². The summed E-state index contributed by atoms with van der Waals surface area (Å²) in [6, 6.07) is 11.3. The molecule has 1 N–H and O–H groups in total. The van der Waals surface area contributed by atoms with Crippen LogP contribution in [0.1, 0.15) is 35.7 Å². The van der Waals surface area contributed by atoms with E-state index in [9.17, 15) is 24.5 Å². The maximum Gasteiger partial charge on any atom is 0.343 e. The average molecular weight is 519 g/mol. The Labute approximate surface area is 219 Å². The number of carbonyl (C=O) groups is 3. The molecule has 0 aromatic heterocycles. The molecule has 1 aliphatic heterocycles. The van der Waals surface area contributed by atoms with Crippen LogP contribution in [0.3, 0.4) is 0 Å². The van der Waals surface area contributed by atoms with Gasteiger partial charge in [-0.25, -0.2) is 14.4 Å². The minimum Gasteiger partial charge on any atom is -0.458 e. The summed E-state index contributed by atoms with van der Waals surface area (Å²) >= 11 is 0. The second-order valence-corrected chi connectivity index (χ2v) is 8.17. The van der Waals surface area contributed by atoms with Crippen LogP contribution >= 0.6 is 0 Å². The van der Waals surface area contributed by atoms with E-state index in [1.54, 1.807) is 26.0 Å². The van der Waals surface area contributed by atoms with E-state index in [2.05, 4.69) is 18.5 Å². The highest BCUT2D eigenvalue weighted by molar-refractivity contribution is 6.00. The van der Waals surface area contributed by atoms with E-state index in [1.165, 1.54) is 48.6 Å². The van der Waals surface area contributed by atoms with E-state index in [4.69, 9.17) is 14.2 Å². The third kappa shape index (κ3) is 6.22. The number of nitrogens with zero attached hydrogens (tertiary/aromatic N) is 1. The predicted octanol–water partition coefficient (Wildman–Crippen LogP) is 4.51. The van der Waals surface area contributed by atoms with E-state index in [0.717, 1.165) is 0 Å². The van der Waals surface area contributed by atoms with Crippen molar-refractivity contribution in [3.05, 3.63) is 118 Å². The van der Waals surface area contributed by atoms with Crippen molar-refractivity contribution < 1.29 is 33.5 Å². The molecule has 0 atom stereocenters. The first-order valence-electron chi connectivity index (χ1n) is 11.5. The molecule has 2 aromatic rings. The molecule has 0 unspecified atom stereocenters. The number of hydrogen-bond acceptors (Lipinski definition) is 9. The summed E-state index contributed by atoms with van der Waals surface area (Å²) < 4.78 is 16.0. The van der Waals surface area contributed by atoms with Crippen LogP contribution < -0.4 is 10.1 Å². The summed E-state index contributed by atoms with van der Waals surface area (Å²) in [5.74, 6) is -2.60. The van der Waals surface area contributed by atoms with Crippen LogP contribution in [0.25, 0.3) is 0 Å². The fraction of sp³-hybridized carbons (Fsp3) is 0.179. The molecular formula is C28H26N2O8. The summed E-state index contributed by atoms with van der Waals surface area (Å²) in [6.45, 7) is 10.5. The van der Waals surface area contributed by atoms with Gasteiger partial charge in [-0.15, -0.1) is 0 Å². The van der Waals surface area contributed by atoms with Crippen molar-refractivity contribution in [1.29, 1.82) is 0 Å². The SMILES string of the molecule is C=CCOC(=O)C1=C(C)NC(C)=C(C(=O)OCC=C)C1c1ccc(OC(=O)c2ccc([N+](=O)[O-])cc2)cc1. The highest BCUT2D eigenvalue weighted by Gasteiger charge is 2.38. The van der Waals surface area contributed by atoms with Crippen molar-refractivity contribution in [3.8, 4) is 5.75 Å². The second kappa shape index (κ2) is 12.3. The standard InChI is InChI=1S/C28H26N2O8/c1-5-15-36-27(32)23-17(3)29-18(4)24(28(33)37-16-6-2)25(23)19-9-13-22(14-10-19)38-26(31)20-7-11-21(12-8-20)30(34)35/h5-14,25,29H,1-2,15-16H2,3-4H3. The Morgan fingerprint density at radius 3 is 1.82 bits per heavy atom. The number of nitrogens with one attached hydrogen (secondary N) is 1. The molecule has 10 nitrogen and oxygen atoms in total. The third-order valence-corrected chi connectivity index (χ3v) is 5.60. The molecule has 1 aliphatic rings. The van der Waals surface area contributed by atoms with Gasteiger partial charge in [-0.2, -0.15) is 0 Å². The molecule has 0 fully saturated rings. The highest BCUT2D eigenvalue weighted by atomic mass is 16.6. The second-order valence-electron chi connectivity index (χ2n) is 8.17. The van der Waals surface area contributed by atoms with Gasteiger partial charge in [0.15, 0.2) is 0 Å². The lowest BCUT2D eigenvalue weighted by molar-refractivity contribution is -0.384. The number of nitro groups is 1. The molecule has 0 spiro atoms. The van der Waals surface area contributed by atoms with Gasteiger partial charge >= 0.3 is 17.9 Å². The summed E-state index contributed by atoms with van der Waals surface area (Å²) in [4.78, 5) is 48.8. The van der Waals surface area contributed by atoms with Gasteiger partial charge in [-0.3, -0.25) is 10.1 Å². The molecular weight excluding hydrogens is 492 g/mol. The van der Waals surface area contributed by atoms with Crippen LogP contribution in [-0.4, -0.2) is 36.0 Å². The smallest absolute Gasteiger partial charge is 0.343 e. The van der Waals surface area contributed by atoms with E-state index in [0.29, 0.717) is 17.0 Å². The van der Waals surface area contributed by atoms with Gasteiger partial charge in [0.1, 0.15) is 19.0 Å². The van der Waals surface area contributed by atoms with E-state index in [1.807, 2.05) is 0 Å². The van der Waals surface area contributed by atoms with Crippen LogP contribution in [0.2, 0.25) is 0 Å². The molecule has 0 amide bonds. The fourth-order valence-electron chi connectivity index (χ4n) is 3.91. The molecule has 1 heterocycles. The monoisotopic (exact) mass is 518 g/mol. The van der Waals surface area contributed by atoms with Gasteiger partial charge in [-0.05, 0) is 43.7 Å². The minimum absolute atomic E-state index is 0.0151. The van der Waals surface area contributed by atoms with Crippen molar-refractivity contribution >= 4 is 23.6 Å². The molecule has 0 radical (unpaired) electrons. The maximum absolute atomic E-state index is 13.0. The maximum atomic E-state index is 13.0. The number of hydrogen-bond donors (Lipinski definition) is 1. The minimum atomic E-state index is -0.828. The van der Waals surface area contributed by atoms with Gasteiger partial charge in [0, 0.05) is 23.5 Å². The summed E-state index contributed by atoms with van der Waals surface area (Å²) in [5.41, 5.74) is 2.00. The number of esters is 3. The predicted molar refractivity (Wildman–Crippen MR) is 138 cm³/mol. The number of ether oxygens (including phenoxy) is 3. The third-order valence-electron chi connectivity index (χ3n) is 5.60. The van der Waals surface area contributed by atoms with Gasteiger partial charge in [0.05, 0.1) is 27.6 Å². The fourth-order valence-corrected chi connectivity index (χ4v) is 3.91. The molecule has 0 saturated carbocycles. The number of rotatable bonds is 10. The zero-order valence-corrected chi connectivity index (χ0v) is 20.9. The normalized spacial score (nSPS) is 13.3. The molecule has 10 heteroatoms. The number of benzene rings is 2. The van der Waals surface area contributed by atoms with Crippen molar-refractivity contribution in [2.24, 2.45) is 0 Å². The van der Waals surface area contributed by atoms with Crippen LogP contribution in [0, 0.1) is 10.1 Å². The van der Waals surface area contributed by atoms with E-state index >= 15 is 0 Å². The Balaban J connectivity index is 1.93. The van der Waals surface area contributed by atoms with Crippen molar-refractivity contribution in [3.63, 3.8) is 0 Å². The largest absolute Gasteiger partial charge is 0.458 e. The topological polar surface area (TPSA) is 134 Å². The molecule has 3 rings (SSSR count). The molecule has 0 bridgehead atoms. The van der Waals surface area contributed by atoms with Gasteiger partial charge < -0.3 is 19.5 Å². The molecule has 0 aliphatic carbocycles. The number of dihydropyridines is 1. The Morgan fingerprint density at radius 2 is 1.37 bits per heavy atom. The summed E-state index contributed by atoms with van der Waals surface area (Å²) in [5, 5.41) is 13.9. The summed E-state index contributed by atoms with van der Waals surface area (Å²) in [7, 11) is 0. The average Bonchev–Trinajstić information content (AvgIpc) is 2.90. The zero-order chi connectivity index (χ0) is 27.8. The molecule has 0 saturated heterocycles. The Hall–Kier alpha value is -4.99. The first-order chi connectivity index (χ1) is 18.2. The molecule has 196 valence electrons. The first kappa shape index (κ1) is 27.6. The van der Waals surface area contributed by atoms with Crippen LogP contribution in [0.4, 0.5) is 5.69 Å². The van der Waals surface area contributed by atoms with E-state index in [-0.39, 0.29) is 41.4 Å². The first-order valence-corrected chi connectivity index (χ1v) is 11.5. The van der Waals surface area contributed by atoms with Crippen LogP contribution in [0.15, 0.2) is 96.4 Å². The number of carbonyl (C=O) groups excluding carboxylic acids is 3. The molecule has 38 heavy (non-hydrogen) atoms. The van der Waals surface area contributed by atoms with Crippen molar-refractivity contribution in [2.45, 2.75) is 19.8 Å². The van der Waals surface area contributed by atoms with Crippen molar-refractivity contribution in [2.75, 3.05) is 13.2 Å².